The number of aromatic nitrogens is 3. The third-order valence-electron chi connectivity index (χ3n) is 6.20. The smallest absolute Gasteiger partial charge is 0.243 e. The lowest BCUT2D eigenvalue weighted by molar-refractivity contribution is 0.282. The van der Waals surface area contributed by atoms with E-state index in [1.807, 2.05) is 30.3 Å². The fourth-order valence-corrected chi connectivity index (χ4v) is 7.08. The predicted molar refractivity (Wildman–Crippen MR) is 148 cm³/mol. The molecule has 0 unspecified atom stereocenters. The summed E-state index contributed by atoms with van der Waals surface area (Å²) in [6.07, 6.45) is 3.14. The Hall–Kier alpha value is -1.88. The van der Waals surface area contributed by atoms with Crippen molar-refractivity contribution in [3.8, 4) is 11.3 Å². The average molecular weight is 630 g/mol. The van der Waals surface area contributed by atoms with E-state index in [0.717, 1.165) is 34.4 Å². The highest BCUT2D eigenvalue weighted by atomic mass is 79.9. The zero-order chi connectivity index (χ0) is 25.4. The Balaban J connectivity index is 1.30. The first-order chi connectivity index (χ1) is 17.2. The molecule has 2 aromatic heterocycles. The predicted octanol–water partition coefficient (Wildman–Crippen LogP) is 6.63. The topological polar surface area (TPSA) is 79.6 Å². The van der Waals surface area contributed by atoms with Gasteiger partial charge in [-0.1, -0.05) is 53.0 Å². The maximum Gasteiger partial charge on any atom is 0.243 e. The lowest BCUT2D eigenvalue weighted by Crippen LogP contribution is -2.39. The van der Waals surface area contributed by atoms with Gasteiger partial charge in [0, 0.05) is 46.3 Å². The number of halogens is 4. The van der Waals surface area contributed by atoms with Crippen molar-refractivity contribution in [2.45, 2.75) is 17.7 Å². The first-order valence-electron chi connectivity index (χ1n) is 11.2. The highest BCUT2D eigenvalue weighted by Crippen LogP contribution is 2.31. The second-order valence-electron chi connectivity index (χ2n) is 8.57. The van der Waals surface area contributed by atoms with Gasteiger partial charge in [0.25, 0.3) is 0 Å². The minimum atomic E-state index is -3.66. The molecule has 0 aliphatic carbocycles. The Morgan fingerprint density at radius 1 is 1.03 bits per heavy atom. The Morgan fingerprint density at radius 3 is 2.42 bits per heavy atom. The molecule has 4 aromatic rings. The van der Waals surface area contributed by atoms with Gasteiger partial charge in [0.2, 0.25) is 10.0 Å². The molecule has 12 heteroatoms. The number of benzene rings is 2. The van der Waals surface area contributed by atoms with Crippen LogP contribution < -0.4 is 5.32 Å². The largest absolute Gasteiger partial charge is 0.370 e. The van der Waals surface area contributed by atoms with E-state index in [0.29, 0.717) is 40.3 Å². The number of piperidine rings is 1. The van der Waals surface area contributed by atoms with Crippen LogP contribution in [0.1, 0.15) is 12.8 Å². The number of hydrogen-bond acceptors (Lipinski definition) is 5. The minimum Gasteiger partial charge on any atom is -0.370 e. The molecule has 3 heterocycles. The van der Waals surface area contributed by atoms with Crippen LogP contribution in [0.2, 0.25) is 15.1 Å². The summed E-state index contributed by atoms with van der Waals surface area (Å²) in [7, 11) is -3.66. The van der Waals surface area contributed by atoms with Gasteiger partial charge in [-0.15, -0.1) is 0 Å². The Bertz CT molecular complexity index is 1520. The molecule has 1 aliphatic rings. The number of fused-ring (bicyclic) bond motifs is 1. The molecule has 188 valence electrons. The van der Waals surface area contributed by atoms with E-state index >= 15 is 0 Å². The minimum absolute atomic E-state index is 0.118. The van der Waals surface area contributed by atoms with Crippen LogP contribution in [0.15, 0.2) is 64.1 Å². The number of sulfonamides is 1. The van der Waals surface area contributed by atoms with Crippen molar-refractivity contribution >= 4 is 72.2 Å². The molecule has 1 N–H and O–H groups in total. The Labute approximate surface area is 232 Å². The van der Waals surface area contributed by atoms with Crippen LogP contribution in [0.4, 0.5) is 5.82 Å². The molecule has 5 rings (SSSR count). The monoisotopic (exact) mass is 627 g/mol. The third kappa shape index (κ3) is 5.23. The van der Waals surface area contributed by atoms with E-state index in [-0.39, 0.29) is 10.8 Å². The van der Waals surface area contributed by atoms with E-state index < -0.39 is 10.0 Å². The number of nitrogens with zero attached hydrogens (tertiary/aromatic N) is 4. The van der Waals surface area contributed by atoms with E-state index in [4.69, 9.17) is 39.8 Å². The number of hydrogen-bond donors (Lipinski definition) is 1. The first kappa shape index (κ1) is 25.8. The first-order valence-corrected chi connectivity index (χ1v) is 14.6. The SMILES string of the molecule is O=S(=O)(c1cc(Cl)cc(Cl)c1)N1CCC(CNc2cc(-c3ccccc3Cl)nc3c(Br)cnn23)CC1. The summed E-state index contributed by atoms with van der Waals surface area (Å²) in [5, 5.41) is 9.14. The maximum absolute atomic E-state index is 13.1. The third-order valence-corrected chi connectivity index (χ3v) is 9.40. The second-order valence-corrected chi connectivity index (χ2v) is 12.6. The van der Waals surface area contributed by atoms with Crippen LogP contribution in [0.5, 0.6) is 0 Å². The van der Waals surface area contributed by atoms with E-state index in [9.17, 15) is 8.42 Å². The zero-order valence-electron chi connectivity index (χ0n) is 18.8. The molecule has 0 radical (unpaired) electrons. The van der Waals surface area contributed by atoms with Crippen LogP contribution >= 0.6 is 50.7 Å². The van der Waals surface area contributed by atoms with Crippen molar-refractivity contribution in [2.24, 2.45) is 5.92 Å². The number of nitrogens with one attached hydrogen (secondary N) is 1. The second kappa shape index (κ2) is 10.5. The molecule has 1 saturated heterocycles. The van der Waals surface area contributed by atoms with Crippen LogP contribution in [-0.4, -0.2) is 47.0 Å². The highest BCUT2D eigenvalue weighted by Gasteiger charge is 2.30. The molecule has 1 aliphatic heterocycles. The van der Waals surface area contributed by atoms with Gasteiger partial charge < -0.3 is 5.32 Å². The van der Waals surface area contributed by atoms with E-state index in [1.165, 1.54) is 22.5 Å². The summed E-state index contributed by atoms with van der Waals surface area (Å²) in [5.74, 6) is 1.06. The molecule has 0 bridgehead atoms. The summed E-state index contributed by atoms with van der Waals surface area (Å²) in [6.45, 7) is 1.50. The molecular weight excluding hydrogens is 609 g/mol. The van der Waals surface area contributed by atoms with Gasteiger partial charge in [-0.05, 0) is 59.0 Å². The summed E-state index contributed by atoms with van der Waals surface area (Å²) >= 11 is 22.0. The van der Waals surface area contributed by atoms with Crippen molar-refractivity contribution in [3.63, 3.8) is 0 Å². The van der Waals surface area contributed by atoms with Crippen molar-refractivity contribution in [1.82, 2.24) is 18.9 Å². The fourth-order valence-electron chi connectivity index (χ4n) is 4.30. The Morgan fingerprint density at radius 2 is 1.72 bits per heavy atom. The molecule has 0 saturated carbocycles. The normalized spacial score (nSPS) is 15.4. The van der Waals surface area contributed by atoms with Gasteiger partial charge in [-0.2, -0.15) is 13.9 Å². The van der Waals surface area contributed by atoms with Gasteiger partial charge in [0.15, 0.2) is 5.65 Å². The molecule has 36 heavy (non-hydrogen) atoms. The van der Waals surface area contributed by atoms with Crippen LogP contribution in [0.25, 0.3) is 16.9 Å². The lowest BCUT2D eigenvalue weighted by Gasteiger charge is -2.31. The van der Waals surface area contributed by atoms with Gasteiger partial charge >= 0.3 is 0 Å². The summed E-state index contributed by atoms with van der Waals surface area (Å²) in [6, 6.07) is 13.9. The summed E-state index contributed by atoms with van der Waals surface area (Å²) in [4.78, 5) is 4.85. The van der Waals surface area contributed by atoms with Crippen molar-refractivity contribution in [1.29, 1.82) is 0 Å². The van der Waals surface area contributed by atoms with E-state index in [2.05, 4.69) is 26.3 Å². The zero-order valence-corrected chi connectivity index (χ0v) is 23.5. The quantitative estimate of drug-likeness (QED) is 0.259. The van der Waals surface area contributed by atoms with Crippen molar-refractivity contribution in [3.05, 3.63) is 74.3 Å². The summed E-state index contributed by atoms with van der Waals surface area (Å²) in [5.41, 5.74) is 2.24. The van der Waals surface area contributed by atoms with Gasteiger partial charge in [-0.25, -0.2) is 13.4 Å². The van der Waals surface area contributed by atoms with Crippen molar-refractivity contribution in [2.75, 3.05) is 25.0 Å². The van der Waals surface area contributed by atoms with Gasteiger partial charge in [-0.3, -0.25) is 0 Å². The summed E-state index contributed by atoms with van der Waals surface area (Å²) < 4.78 is 30.2. The lowest BCUT2D eigenvalue weighted by atomic mass is 9.98. The molecule has 0 atom stereocenters. The molecular formula is C24H21BrCl3N5O2S. The van der Waals surface area contributed by atoms with Gasteiger partial charge in [0.05, 0.1) is 21.3 Å². The standard InChI is InChI=1S/C24H21BrCl3N5O2S/c25-20-14-30-33-23(12-22(31-24(20)33)19-3-1-2-4-21(19)28)29-13-15-5-7-32(8-6-15)36(34,35)18-10-16(26)9-17(27)11-18/h1-4,9-12,14-15,29H,5-8,13H2. The van der Waals surface area contributed by atoms with Crippen LogP contribution in [0.3, 0.4) is 0 Å². The molecule has 0 amide bonds. The molecule has 7 nitrogen and oxygen atoms in total. The van der Waals surface area contributed by atoms with Gasteiger partial charge in [0.1, 0.15) is 5.82 Å². The number of rotatable bonds is 6. The fraction of sp³-hybridized carbons (Fsp3) is 0.250. The maximum atomic E-state index is 13.1. The van der Waals surface area contributed by atoms with Crippen LogP contribution in [-0.2, 0) is 10.0 Å². The Kier molecular flexibility index (Phi) is 7.49. The molecule has 2 aromatic carbocycles. The number of anilines is 1. The van der Waals surface area contributed by atoms with Crippen molar-refractivity contribution < 1.29 is 8.42 Å². The average Bonchev–Trinajstić information content (AvgIpc) is 3.23. The molecule has 1 fully saturated rings. The molecule has 0 spiro atoms. The highest BCUT2D eigenvalue weighted by molar-refractivity contribution is 9.10. The van der Waals surface area contributed by atoms with E-state index in [1.54, 1.807) is 10.7 Å². The van der Waals surface area contributed by atoms with Crippen LogP contribution in [0, 0.1) is 5.92 Å².